The predicted octanol–water partition coefficient (Wildman–Crippen LogP) is 4.67. The average Bonchev–Trinajstić information content (AvgIpc) is 3.30. The first-order chi connectivity index (χ1) is 20.3. The minimum Gasteiger partial charge on any atom is -0.497 e. The molecule has 3 aromatic carbocycles. The van der Waals surface area contributed by atoms with Crippen molar-refractivity contribution >= 4 is 44.9 Å². The van der Waals surface area contributed by atoms with E-state index in [1.54, 1.807) is 75.3 Å². The van der Waals surface area contributed by atoms with Crippen molar-refractivity contribution in [1.29, 1.82) is 0 Å². The van der Waals surface area contributed by atoms with Gasteiger partial charge in [0.25, 0.3) is 11.5 Å². The van der Waals surface area contributed by atoms with Gasteiger partial charge in [-0.1, -0.05) is 29.5 Å². The average molecular weight is 651 g/mol. The number of carbonyl (C=O) groups excluding carboxylic acids is 1. The van der Waals surface area contributed by atoms with Crippen molar-refractivity contribution < 1.29 is 23.7 Å². The molecule has 42 heavy (non-hydrogen) atoms. The quantitative estimate of drug-likeness (QED) is 0.298. The Morgan fingerprint density at radius 3 is 2.33 bits per heavy atom. The van der Waals surface area contributed by atoms with E-state index in [0.717, 1.165) is 0 Å². The van der Waals surface area contributed by atoms with Gasteiger partial charge in [-0.2, -0.15) is 0 Å². The number of aromatic nitrogens is 1. The number of nitrogens with zero attached hydrogens (tertiary/aromatic N) is 2. The van der Waals surface area contributed by atoms with Gasteiger partial charge in [-0.15, -0.1) is 0 Å². The largest absolute Gasteiger partial charge is 0.497 e. The molecule has 216 valence electrons. The molecule has 1 atom stereocenters. The van der Waals surface area contributed by atoms with Gasteiger partial charge in [0, 0.05) is 28.9 Å². The molecule has 9 nitrogen and oxygen atoms in total. The molecule has 0 unspecified atom stereocenters. The van der Waals surface area contributed by atoms with Crippen LogP contribution in [0.3, 0.4) is 0 Å². The number of thiazole rings is 1. The topological polar surface area (TPSA) is 100 Å². The van der Waals surface area contributed by atoms with Crippen molar-refractivity contribution in [2.75, 3.05) is 33.8 Å². The summed E-state index contributed by atoms with van der Waals surface area (Å²) in [6.45, 7) is 1.77. The lowest BCUT2D eigenvalue weighted by Gasteiger charge is -2.26. The monoisotopic (exact) mass is 649 g/mol. The molecule has 0 fully saturated rings. The van der Waals surface area contributed by atoms with E-state index in [1.807, 2.05) is 24.3 Å². The highest BCUT2D eigenvalue weighted by Gasteiger charge is 2.34. The number of rotatable bonds is 8. The molecule has 0 aliphatic carbocycles. The maximum Gasteiger partial charge on any atom is 0.271 e. The molecule has 1 aliphatic rings. The Hall–Kier alpha value is -4.35. The second-order valence-electron chi connectivity index (χ2n) is 9.24. The van der Waals surface area contributed by atoms with E-state index in [1.165, 1.54) is 18.4 Å². The lowest BCUT2D eigenvalue weighted by Crippen LogP contribution is -2.40. The van der Waals surface area contributed by atoms with Crippen LogP contribution in [0.25, 0.3) is 6.08 Å². The Bertz CT molecular complexity index is 1880. The molecule has 1 aliphatic heterocycles. The molecule has 0 saturated heterocycles. The van der Waals surface area contributed by atoms with Crippen LogP contribution in [-0.4, -0.2) is 38.9 Å². The Morgan fingerprint density at radius 1 is 0.952 bits per heavy atom. The van der Waals surface area contributed by atoms with Crippen LogP contribution in [0.15, 0.2) is 86.2 Å². The summed E-state index contributed by atoms with van der Waals surface area (Å²) in [6, 6.07) is 17.2. The Balaban J connectivity index is 1.73. The molecule has 0 radical (unpaired) electrons. The summed E-state index contributed by atoms with van der Waals surface area (Å²) >= 11 is 4.74. The Kier molecular flexibility index (Phi) is 8.51. The number of methoxy groups -OCH3 is 4. The molecule has 0 bridgehead atoms. The van der Waals surface area contributed by atoms with Crippen molar-refractivity contribution in [2.24, 2.45) is 4.99 Å². The summed E-state index contributed by atoms with van der Waals surface area (Å²) in [5, 5.41) is 2.96. The van der Waals surface area contributed by atoms with E-state index in [2.05, 4.69) is 21.2 Å². The highest BCUT2D eigenvalue weighted by molar-refractivity contribution is 9.10. The number of nitrogens with one attached hydrogen (secondary N) is 1. The third kappa shape index (κ3) is 5.45. The second kappa shape index (κ2) is 12.3. The minimum absolute atomic E-state index is 0.312. The molecule has 1 aromatic heterocycles. The van der Waals surface area contributed by atoms with Gasteiger partial charge in [-0.3, -0.25) is 14.2 Å². The Morgan fingerprint density at radius 2 is 1.67 bits per heavy atom. The van der Waals surface area contributed by atoms with E-state index < -0.39 is 6.04 Å². The molecule has 5 rings (SSSR count). The number of halogens is 1. The molecule has 0 spiro atoms. The third-order valence-electron chi connectivity index (χ3n) is 6.82. The number of ether oxygens (including phenoxy) is 4. The number of anilines is 1. The molecular weight excluding hydrogens is 622 g/mol. The van der Waals surface area contributed by atoms with Gasteiger partial charge in [-0.25, -0.2) is 4.99 Å². The summed E-state index contributed by atoms with van der Waals surface area (Å²) in [4.78, 5) is 33.2. The van der Waals surface area contributed by atoms with Crippen LogP contribution in [0.5, 0.6) is 23.0 Å². The highest BCUT2D eigenvalue weighted by atomic mass is 79.9. The van der Waals surface area contributed by atoms with Gasteiger partial charge in [0.1, 0.15) is 29.0 Å². The molecular formula is C31H28BrN3O6S. The first-order valence-corrected chi connectivity index (χ1v) is 14.4. The van der Waals surface area contributed by atoms with Gasteiger partial charge in [0.15, 0.2) is 4.80 Å². The lowest BCUT2D eigenvalue weighted by molar-refractivity contribution is -0.113. The smallest absolute Gasteiger partial charge is 0.271 e. The molecule has 2 heterocycles. The fourth-order valence-electron chi connectivity index (χ4n) is 4.81. The van der Waals surface area contributed by atoms with Gasteiger partial charge in [0.2, 0.25) is 0 Å². The first kappa shape index (κ1) is 29.2. The van der Waals surface area contributed by atoms with Crippen LogP contribution in [0.2, 0.25) is 0 Å². The summed E-state index contributed by atoms with van der Waals surface area (Å²) in [5.41, 5.74) is 2.41. The Labute approximate surface area is 254 Å². The highest BCUT2D eigenvalue weighted by Crippen LogP contribution is 2.38. The van der Waals surface area contributed by atoms with E-state index >= 15 is 0 Å². The molecule has 1 N–H and O–H groups in total. The number of hydrogen-bond donors (Lipinski definition) is 1. The van der Waals surface area contributed by atoms with Gasteiger partial charge >= 0.3 is 0 Å². The second-order valence-corrected chi connectivity index (χ2v) is 11.1. The van der Waals surface area contributed by atoms with Gasteiger partial charge in [0.05, 0.1) is 48.7 Å². The predicted molar refractivity (Wildman–Crippen MR) is 166 cm³/mol. The van der Waals surface area contributed by atoms with E-state index in [0.29, 0.717) is 64.9 Å². The maximum atomic E-state index is 14.2. The van der Waals surface area contributed by atoms with Crippen molar-refractivity contribution in [3.63, 3.8) is 0 Å². The number of para-hydroxylation sites is 1. The van der Waals surface area contributed by atoms with Crippen molar-refractivity contribution in [2.45, 2.75) is 13.0 Å². The van der Waals surface area contributed by atoms with Crippen LogP contribution < -0.4 is 39.2 Å². The van der Waals surface area contributed by atoms with E-state index in [4.69, 9.17) is 23.9 Å². The molecule has 1 amide bonds. The molecule has 4 aromatic rings. The fourth-order valence-corrected chi connectivity index (χ4v) is 6.37. The number of fused-ring (bicyclic) bond motifs is 1. The van der Waals surface area contributed by atoms with Crippen LogP contribution in [0.4, 0.5) is 5.69 Å². The zero-order valence-electron chi connectivity index (χ0n) is 23.6. The zero-order valence-corrected chi connectivity index (χ0v) is 26.0. The molecule has 0 saturated carbocycles. The summed E-state index contributed by atoms with van der Waals surface area (Å²) < 4.78 is 24.8. The van der Waals surface area contributed by atoms with E-state index in [9.17, 15) is 9.59 Å². The first-order valence-electron chi connectivity index (χ1n) is 12.8. The minimum atomic E-state index is -0.822. The van der Waals surface area contributed by atoms with Crippen LogP contribution in [-0.2, 0) is 4.79 Å². The standard InChI is InChI=1S/C31H28BrN3O6S/c1-17-27(29(36)34-19-9-7-6-8-10-19)28(21-12-11-20(38-2)15-24(21)40-4)35-30(37)26(42-31(35)33-17)14-18-13-22(32)25(41-5)16-23(18)39-3/h6-16,28H,1-5H3,(H,34,36)/b26-14-/t28-/m0/s1. The van der Waals surface area contributed by atoms with Gasteiger partial charge in [-0.05, 0) is 59.3 Å². The normalized spacial score (nSPS) is 14.6. The van der Waals surface area contributed by atoms with Crippen LogP contribution in [0, 0.1) is 0 Å². The number of allylic oxidation sites excluding steroid dienone is 1. The van der Waals surface area contributed by atoms with Crippen molar-refractivity contribution in [3.05, 3.63) is 107 Å². The van der Waals surface area contributed by atoms with Crippen molar-refractivity contribution in [1.82, 2.24) is 4.57 Å². The van der Waals surface area contributed by atoms with Crippen molar-refractivity contribution in [3.8, 4) is 23.0 Å². The number of hydrogen-bond acceptors (Lipinski definition) is 8. The fraction of sp³-hybridized carbons (Fsp3) is 0.194. The van der Waals surface area contributed by atoms with Crippen LogP contribution in [0.1, 0.15) is 24.1 Å². The SMILES string of the molecule is COc1ccc([C@H]2C(C(=O)Nc3ccccc3)=C(C)N=c3s/c(=C\c4cc(Br)c(OC)cc4OC)c(=O)n32)c(OC)c1. The number of carbonyl (C=O) groups is 1. The lowest BCUT2D eigenvalue weighted by atomic mass is 9.94. The zero-order chi connectivity index (χ0) is 30.0. The molecule has 11 heteroatoms. The van der Waals surface area contributed by atoms with Crippen LogP contribution >= 0.6 is 27.3 Å². The number of amides is 1. The summed E-state index contributed by atoms with van der Waals surface area (Å²) in [5.74, 6) is 1.81. The van der Waals surface area contributed by atoms with Gasteiger partial charge < -0.3 is 24.3 Å². The summed E-state index contributed by atoms with van der Waals surface area (Å²) in [6.07, 6.45) is 1.75. The number of benzene rings is 3. The maximum absolute atomic E-state index is 14.2. The third-order valence-corrected chi connectivity index (χ3v) is 8.43. The van der Waals surface area contributed by atoms with E-state index in [-0.39, 0.29) is 11.5 Å². The summed E-state index contributed by atoms with van der Waals surface area (Å²) in [7, 11) is 6.22.